The van der Waals surface area contributed by atoms with Gasteiger partial charge in [-0.05, 0) is 19.8 Å². The number of nitrogens with one attached hydrogen (secondary N) is 1. The molecule has 0 saturated carbocycles. The van der Waals surface area contributed by atoms with Gasteiger partial charge in [0.05, 0.1) is 0 Å². The third-order valence-corrected chi connectivity index (χ3v) is 3.59. The van der Waals surface area contributed by atoms with Gasteiger partial charge >= 0.3 is 0 Å². The molecule has 2 amide bonds. The number of carbonyl (C=O) groups excluding carboxylic acids is 2. The Morgan fingerprint density at radius 2 is 2.11 bits per heavy atom. The largest absolute Gasteiger partial charge is 0.340 e. The van der Waals surface area contributed by atoms with Crippen LogP contribution in [0.15, 0.2) is 11.6 Å². The first-order valence-corrected chi connectivity index (χ1v) is 6.67. The summed E-state index contributed by atoms with van der Waals surface area (Å²) in [6.07, 6.45) is 2.52. The molecule has 5 heteroatoms. The third kappa shape index (κ3) is 2.86. The van der Waals surface area contributed by atoms with Crippen molar-refractivity contribution in [1.29, 1.82) is 0 Å². The number of hydrogen-bond donors (Lipinski definition) is 1. The van der Waals surface area contributed by atoms with Gasteiger partial charge in [-0.25, -0.2) is 0 Å². The lowest BCUT2D eigenvalue weighted by atomic mass is 9.89. The van der Waals surface area contributed by atoms with E-state index in [0.717, 1.165) is 6.42 Å². The van der Waals surface area contributed by atoms with Crippen molar-refractivity contribution in [2.45, 2.75) is 45.7 Å². The van der Waals surface area contributed by atoms with Gasteiger partial charge in [0.25, 0.3) is 0 Å². The molecule has 4 nitrogen and oxygen atoms in total. The number of piperazine rings is 1. The maximum atomic E-state index is 12.4. The highest BCUT2D eigenvalue weighted by atomic mass is 35.5. The Morgan fingerprint density at radius 1 is 1.50 bits per heavy atom. The SMILES string of the molecule is CCC(C)C1C(=O)NC(C)(C)C(=O)N1C/C=C/Cl. The molecule has 0 aliphatic carbocycles. The summed E-state index contributed by atoms with van der Waals surface area (Å²) in [7, 11) is 0. The average Bonchev–Trinajstić information content (AvgIpc) is 2.30. The number of halogens is 1. The number of nitrogens with zero attached hydrogens (tertiary/aromatic N) is 1. The van der Waals surface area contributed by atoms with Crippen LogP contribution in [0.5, 0.6) is 0 Å². The minimum Gasteiger partial charge on any atom is -0.340 e. The van der Waals surface area contributed by atoms with E-state index in [9.17, 15) is 9.59 Å². The fourth-order valence-corrected chi connectivity index (χ4v) is 2.28. The van der Waals surface area contributed by atoms with E-state index in [2.05, 4.69) is 5.32 Å². The summed E-state index contributed by atoms with van der Waals surface area (Å²) in [6, 6.07) is -0.414. The van der Waals surface area contributed by atoms with Gasteiger partial charge in [0, 0.05) is 12.1 Å². The zero-order chi connectivity index (χ0) is 13.9. The molecule has 0 spiro atoms. The Balaban J connectivity index is 3.06. The van der Waals surface area contributed by atoms with Crippen molar-refractivity contribution >= 4 is 23.4 Å². The van der Waals surface area contributed by atoms with Gasteiger partial charge in [-0.15, -0.1) is 0 Å². The quantitative estimate of drug-likeness (QED) is 0.850. The van der Waals surface area contributed by atoms with Crippen molar-refractivity contribution in [3.05, 3.63) is 11.6 Å². The molecule has 102 valence electrons. The van der Waals surface area contributed by atoms with Gasteiger partial charge in [0.15, 0.2) is 0 Å². The van der Waals surface area contributed by atoms with Crippen molar-refractivity contribution in [2.24, 2.45) is 5.92 Å². The normalized spacial score (nSPS) is 25.4. The summed E-state index contributed by atoms with van der Waals surface area (Å²) >= 11 is 5.52. The molecule has 1 heterocycles. The van der Waals surface area contributed by atoms with Crippen LogP contribution in [0, 0.1) is 5.92 Å². The van der Waals surface area contributed by atoms with E-state index < -0.39 is 11.6 Å². The Bertz CT molecular complexity index is 366. The number of amides is 2. The van der Waals surface area contributed by atoms with Crippen LogP contribution < -0.4 is 5.32 Å². The molecule has 0 radical (unpaired) electrons. The molecule has 1 aliphatic rings. The highest BCUT2D eigenvalue weighted by Crippen LogP contribution is 2.24. The van der Waals surface area contributed by atoms with Crippen LogP contribution in [0.1, 0.15) is 34.1 Å². The van der Waals surface area contributed by atoms with Crippen LogP contribution in [0.3, 0.4) is 0 Å². The van der Waals surface area contributed by atoms with Gasteiger partial charge in [0.2, 0.25) is 11.8 Å². The third-order valence-electron chi connectivity index (χ3n) is 3.41. The molecular formula is C13H21ClN2O2. The minimum atomic E-state index is -0.846. The molecular weight excluding hydrogens is 252 g/mol. The number of carbonyl (C=O) groups is 2. The molecule has 1 fully saturated rings. The average molecular weight is 273 g/mol. The Kier molecular flexibility index (Phi) is 4.79. The fourth-order valence-electron chi connectivity index (χ4n) is 2.20. The molecule has 0 bridgehead atoms. The van der Waals surface area contributed by atoms with E-state index >= 15 is 0 Å². The Hall–Kier alpha value is -1.03. The molecule has 1 N–H and O–H groups in total. The van der Waals surface area contributed by atoms with Crippen LogP contribution >= 0.6 is 11.6 Å². The molecule has 0 aromatic heterocycles. The molecule has 1 rings (SSSR count). The maximum absolute atomic E-state index is 12.4. The van der Waals surface area contributed by atoms with E-state index in [1.54, 1.807) is 24.8 Å². The van der Waals surface area contributed by atoms with E-state index in [-0.39, 0.29) is 17.7 Å². The van der Waals surface area contributed by atoms with Crippen LogP contribution in [0.4, 0.5) is 0 Å². The Morgan fingerprint density at radius 3 is 2.61 bits per heavy atom. The summed E-state index contributed by atoms with van der Waals surface area (Å²) < 4.78 is 0. The first-order valence-electron chi connectivity index (χ1n) is 6.23. The molecule has 0 aromatic carbocycles. The van der Waals surface area contributed by atoms with E-state index in [4.69, 9.17) is 11.6 Å². The van der Waals surface area contributed by atoms with Crippen LogP contribution in [0.25, 0.3) is 0 Å². The topological polar surface area (TPSA) is 49.4 Å². The lowest BCUT2D eigenvalue weighted by molar-refractivity contribution is -0.154. The first-order chi connectivity index (χ1) is 8.35. The van der Waals surface area contributed by atoms with Crippen molar-refractivity contribution in [3.63, 3.8) is 0 Å². The van der Waals surface area contributed by atoms with E-state index in [0.29, 0.717) is 6.54 Å². The van der Waals surface area contributed by atoms with Crippen molar-refractivity contribution in [2.75, 3.05) is 6.54 Å². The standard InChI is InChI=1S/C13H21ClN2O2/c1-5-9(2)10-11(17)15-13(3,4)12(18)16(10)8-6-7-14/h6-7,9-10H,5,8H2,1-4H3,(H,15,17)/b7-6+. The highest BCUT2D eigenvalue weighted by molar-refractivity contribution is 6.25. The van der Waals surface area contributed by atoms with Gasteiger partial charge < -0.3 is 10.2 Å². The molecule has 18 heavy (non-hydrogen) atoms. The second-order valence-corrected chi connectivity index (χ2v) is 5.52. The summed E-state index contributed by atoms with van der Waals surface area (Å²) in [6.45, 7) is 7.80. The summed E-state index contributed by atoms with van der Waals surface area (Å²) in [5.41, 5.74) is 0.529. The molecule has 1 saturated heterocycles. The molecule has 0 aromatic rings. The van der Waals surface area contributed by atoms with E-state index in [1.165, 1.54) is 5.54 Å². The summed E-state index contributed by atoms with van der Waals surface area (Å²) in [5, 5.41) is 2.79. The van der Waals surface area contributed by atoms with Crippen LogP contribution in [-0.4, -0.2) is 34.8 Å². The lowest BCUT2D eigenvalue weighted by Crippen LogP contribution is -2.69. The molecule has 1 aliphatic heterocycles. The maximum Gasteiger partial charge on any atom is 0.248 e. The fraction of sp³-hybridized carbons (Fsp3) is 0.692. The van der Waals surface area contributed by atoms with Gasteiger partial charge in [-0.3, -0.25) is 9.59 Å². The second-order valence-electron chi connectivity index (χ2n) is 5.26. The Labute approximate surface area is 113 Å². The minimum absolute atomic E-state index is 0.0674. The van der Waals surface area contributed by atoms with E-state index in [1.807, 2.05) is 13.8 Å². The van der Waals surface area contributed by atoms with Crippen molar-refractivity contribution in [3.8, 4) is 0 Å². The summed E-state index contributed by atoms with van der Waals surface area (Å²) in [4.78, 5) is 26.1. The zero-order valence-electron chi connectivity index (χ0n) is 11.4. The van der Waals surface area contributed by atoms with Gasteiger partial charge in [-0.1, -0.05) is 37.9 Å². The van der Waals surface area contributed by atoms with Gasteiger partial charge in [0.1, 0.15) is 11.6 Å². The smallest absolute Gasteiger partial charge is 0.248 e. The molecule has 2 atom stereocenters. The lowest BCUT2D eigenvalue weighted by Gasteiger charge is -2.44. The number of hydrogen-bond acceptors (Lipinski definition) is 2. The predicted molar refractivity (Wildman–Crippen MR) is 72.2 cm³/mol. The summed E-state index contributed by atoms with van der Waals surface area (Å²) in [5.74, 6) is -0.0344. The van der Waals surface area contributed by atoms with Gasteiger partial charge in [-0.2, -0.15) is 0 Å². The van der Waals surface area contributed by atoms with Crippen LogP contribution in [-0.2, 0) is 9.59 Å². The molecule has 2 unspecified atom stereocenters. The highest BCUT2D eigenvalue weighted by Gasteiger charge is 2.46. The predicted octanol–water partition coefficient (Wildman–Crippen LogP) is 1.89. The van der Waals surface area contributed by atoms with Crippen molar-refractivity contribution in [1.82, 2.24) is 10.2 Å². The zero-order valence-corrected chi connectivity index (χ0v) is 12.1. The first kappa shape index (κ1) is 15.0. The monoisotopic (exact) mass is 272 g/mol. The second kappa shape index (κ2) is 5.74. The number of rotatable bonds is 4. The van der Waals surface area contributed by atoms with Crippen molar-refractivity contribution < 1.29 is 9.59 Å². The van der Waals surface area contributed by atoms with Crippen LogP contribution in [0.2, 0.25) is 0 Å².